The third-order valence-corrected chi connectivity index (χ3v) is 24.3. The number of rotatable bonds is 8. The Labute approximate surface area is 267 Å². The predicted octanol–water partition coefficient (Wildman–Crippen LogP) is 5.00. The first-order valence-corrected chi connectivity index (χ1v) is 24.4. The van der Waals surface area contributed by atoms with Crippen molar-refractivity contribution < 1.29 is 32.6 Å². The molecule has 0 aromatic heterocycles. The lowest BCUT2D eigenvalue weighted by molar-refractivity contribution is -0.339. The number of amides is 1. The summed E-state index contributed by atoms with van der Waals surface area (Å²) in [6.07, 6.45) is -2.39. The molecule has 4 aliphatic heterocycles. The van der Waals surface area contributed by atoms with Crippen molar-refractivity contribution in [1.29, 1.82) is 0 Å². The summed E-state index contributed by atoms with van der Waals surface area (Å²) in [5.74, 6) is -3.74. The molecule has 15 heteroatoms. The maximum absolute atomic E-state index is 13.1. The molecule has 2 saturated heterocycles. The zero-order valence-electron chi connectivity index (χ0n) is 29.8. The van der Waals surface area contributed by atoms with Gasteiger partial charge in [-0.1, -0.05) is 62.3 Å². The fourth-order valence-corrected chi connectivity index (χ4v) is 8.58. The maximum Gasteiger partial charge on any atom is 0.307 e. The predicted molar refractivity (Wildman–Crippen MR) is 178 cm³/mol. The highest BCUT2D eigenvalue weighted by atomic mass is 28.4. The van der Waals surface area contributed by atoms with Crippen molar-refractivity contribution in [2.75, 3.05) is 6.61 Å². The van der Waals surface area contributed by atoms with E-state index in [1.807, 2.05) is 0 Å². The molecule has 4 heterocycles. The summed E-state index contributed by atoms with van der Waals surface area (Å²) in [6, 6.07) is 0. The summed E-state index contributed by atoms with van der Waals surface area (Å²) in [4.78, 5) is 35.6. The fraction of sp³-hybridized carbons (Fsp3) is 0.897. The van der Waals surface area contributed by atoms with Gasteiger partial charge >= 0.3 is 5.85 Å². The molecule has 3 N–H and O–H groups in total. The molecule has 2 fully saturated rings. The van der Waals surface area contributed by atoms with E-state index >= 15 is 0 Å². The summed E-state index contributed by atoms with van der Waals surface area (Å²) in [5.41, 5.74) is 6.13. The fourth-order valence-electron chi connectivity index (χ4n) is 4.96. The van der Waals surface area contributed by atoms with E-state index in [9.17, 15) is 4.79 Å². The van der Waals surface area contributed by atoms with Crippen LogP contribution in [0.2, 0.25) is 54.4 Å². The molecule has 1 spiro atoms. The number of guanidine groups is 1. The third kappa shape index (κ3) is 5.94. The van der Waals surface area contributed by atoms with Gasteiger partial charge in [-0.15, -0.1) is 0 Å². The molecule has 0 saturated carbocycles. The number of ether oxygens (including phenoxy) is 1. The van der Waals surface area contributed by atoms with Crippen LogP contribution in [-0.2, 0) is 32.6 Å². The molecule has 4 rings (SSSR count). The van der Waals surface area contributed by atoms with Crippen LogP contribution in [0, 0.1) is 0 Å². The molecule has 0 radical (unpaired) electrons. The molecule has 2 bridgehead atoms. The number of hydrogen-bond acceptors (Lipinski definition) is 11. The minimum atomic E-state index is -2.43. The first-order valence-electron chi connectivity index (χ1n) is 15.7. The maximum atomic E-state index is 13.1. The van der Waals surface area contributed by atoms with E-state index in [1.165, 1.54) is 0 Å². The lowest BCUT2D eigenvalue weighted by atomic mass is 10.1. The Kier molecular flexibility index (Phi) is 8.75. The average molecular weight is 672 g/mol. The van der Waals surface area contributed by atoms with Crippen molar-refractivity contribution in [3.05, 3.63) is 0 Å². The number of nitrogens with two attached hydrogens (primary N) is 1. The van der Waals surface area contributed by atoms with Crippen molar-refractivity contribution in [2.24, 2.45) is 15.7 Å². The summed E-state index contributed by atoms with van der Waals surface area (Å²) in [6.45, 7) is 35.3. The van der Waals surface area contributed by atoms with Gasteiger partial charge in [0, 0.05) is 6.92 Å². The number of hydrogen-bond donors (Lipinski definition) is 2. The van der Waals surface area contributed by atoms with Crippen LogP contribution in [0.4, 0.5) is 0 Å². The Morgan fingerprint density at radius 2 is 1.34 bits per heavy atom. The van der Waals surface area contributed by atoms with Crippen LogP contribution >= 0.6 is 0 Å². The lowest BCUT2D eigenvalue weighted by Gasteiger charge is -2.45. The standard InChI is InChI=1S/C29H57N5O7Si3/c1-25(2,3)42(11,12)36-17-18-19(38-43(13,14)26(4,5)6)20(39-44(15,16)27(7,8)9)23(37-18)34-28(10)32-21-22(35)31-24(30)33-29(21,34)41-40-28/h18-20,23H,17H2,1-16H3,(H3,30,31,33,35)/t18-,19-,20-,23-,28-,29-/m1/s1. The van der Waals surface area contributed by atoms with Crippen LogP contribution in [0.5, 0.6) is 0 Å². The zero-order valence-corrected chi connectivity index (χ0v) is 32.8. The summed E-state index contributed by atoms with van der Waals surface area (Å²) < 4.78 is 28.3. The van der Waals surface area contributed by atoms with E-state index in [1.54, 1.807) is 11.8 Å². The van der Waals surface area contributed by atoms with Crippen LogP contribution < -0.4 is 11.1 Å². The van der Waals surface area contributed by atoms with Gasteiger partial charge < -0.3 is 23.7 Å². The molecule has 1 amide bonds. The molecule has 0 aromatic carbocycles. The van der Waals surface area contributed by atoms with Crippen molar-refractivity contribution in [3.8, 4) is 0 Å². The zero-order chi connectivity index (χ0) is 33.7. The van der Waals surface area contributed by atoms with E-state index in [2.05, 4.69) is 117 Å². The van der Waals surface area contributed by atoms with E-state index in [0.29, 0.717) is 6.61 Å². The van der Waals surface area contributed by atoms with Gasteiger partial charge in [0.1, 0.15) is 24.5 Å². The number of nitrogens with zero attached hydrogens (tertiary/aromatic N) is 3. The largest absolute Gasteiger partial charge is 0.414 e. The van der Waals surface area contributed by atoms with Gasteiger partial charge in [-0.2, -0.15) is 19.7 Å². The second-order valence-electron chi connectivity index (χ2n) is 17.3. The molecular formula is C29H57N5O7Si3. The molecule has 0 unspecified atom stereocenters. The smallest absolute Gasteiger partial charge is 0.307 e. The number of fused-ring (bicyclic) bond motifs is 1. The van der Waals surface area contributed by atoms with E-state index in [4.69, 9.17) is 33.5 Å². The van der Waals surface area contributed by atoms with Gasteiger partial charge in [-0.05, 0) is 54.4 Å². The average Bonchev–Trinajstić information content (AvgIpc) is 3.36. The van der Waals surface area contributed by atoms with E-state index in [0.717, 1.165) is 0 Å². The molecule has 0 aliphatic carbocycles. The van der Waals surface area contributed by atoms with Gasteiger partial charge in [0.15, 0.2) is 36.6 Å². The number of nitrogens with one attached hydrogen (secondary N) is 1. The minimum absolute atomic E-state index is 0.00442. The van der Waals surface area contributed by atoms with Crippen LogP contribution in [0.3, 0.4) is 0 Å². The normalized spacial score (nSPS) is 33.8. The number of carbonyl (C=O) groups excluding carboxylic acids is 1. The summed E-state index contributed by atoms with van der Waals surface area (Å²) in [7, 11) is -6.95. The van der Waals surface area contributed by atoms with Crippen molar-refractivity contribution >= 4 is 42.5 Å². The van der Waals surface area contributed by atoms with Crippen molar-refractivity contribution in [1.82, 2.24) is 10.2 Å². The van der Waals surface area contributed by atoms with E-state index in [-0.39, 0.29) is 26.8 Å². The van der Waals surface area contributed by atoms with Crippen molar-refractivity contribution in [3.63, 3.8) is 0 Å². The van der Waals surface area contributed by atoms with Gasteiger partial charge in [0.2, 0.25) is 0 Å². The van der Waals surface area contributed by atoms with Crippen LogP contribution in [0.1, 0.15) is 69.2 Å². The van der Waals surface area contributed by atoms with Crippen LogP contribution in [0.15, 0.2) is 9.98 Å². The molecule has 12 nitrogen and oxygen atoms in total. The quantitative estimate of drug-likeness (QED) is 0.270. The molecule has 44 heavy (non-hydrogen) atoms. The number of carbonyl (C=O) groups is 1. The second-order valence-corrected chi connectivity index (χ2v) is 31.6. The highest BCUT2D eigenvalue weighted by Crippen LogP contribution is 2.52. The summed E-state index contributed by atoms with van der Waals surface area (Å²) >= 11 is 0. The molecule has 6 atom stereocenters. The topological polar surface area (TPSA) is 138 Å². The monoisotopic (exact) mass is 671 g/mol. The SMILES string of the molecule is CC(C)(C)[Si](C)(C)OC[C@H]1O[C@@H](N2[C@@]3(C)N=C4C(=O)NC(N)=N[C@]42OO3)[C@H](O[Si](C)(C)C(C)(C)C)[C@@H]1O[Si](C)(C)C(C)(C)C. The van der Waals surface area contributed by atoms with Gasteiger partial charge in [-0.25, -0.2) is 4.99 Å². The Bertz CT molecular complexity index is 1220. The molecular weight excluding hydrogens is 615 g/mol. The Hall–Kier alpha value is -1.02. The Morgan fingerprint density at radius 1 is 0.841 bits per heavy atom. The van der Waals surface area contributed by atoms with Gasteiger partial charge in [0.25, 0.3) is 11.8 Å². The Balaban J connectivity index is 1.85. The highest BCUT2D eigenvalue weighted by Gasteiger charge is 2.74. The van der Waals surface area contributed by atoms with Crippen LogP contribution in [0.25, 0.3) is 0 Å². The first-order chi connectivity index (χ1) is 19.6. The first kappa shape index (κ1) is 35.8. The van der Waals surface area contributed by atoms with Crippen LogP contribution in [-0.4, -0.2) is 90.3 Å². The second kappa shape index (κ2) is 10.8. The lowest BCUT2D eigenvalue weighted by Crippen LogP contribution is -2.65. The third-order valence-electron chi connectivity index (χ3n) is 10.9. The molecule has 0 aromatic rings. The number of aliphatic imine (C=N–C) groups is 2. The minimum Gasteiger partial charge on any atom is -0.414 e. The summed E-state index contributed by atoms with van der Waals surface area (Å²) in [5, 5.41) is 2.36. The van der Waals surface area contributed by atoms with Gasteiger partial charge in [-0.3, -0.25) is 10.1 Å². The highest BCUT2D eigenvalue weighted by molar-refractivity contribution is 6.75. The van der Waals surface area contributed by atoms with Gasteiger partial charge in [0.05, 0.1) is 6.61 Å². The van der Waals surface area contributed by atoms with Crippen molar-refractivity contribution in [2.45, 2.75) is 160 Å². The van der Waals surface area contributed by atoms with E-state index < -0.39 is 67.1 Å². The molecule has 252 valence electrons. The molecule has 4 aliphatic rings. The Morgan fingerprint density at radius 3 is 1.84 bits per heavy atom.